The minimum Gasteiger partial charge on any atom is -0.290 e. The van der Waals surface area contributed by atoms with Crippen molar-refractivity contribution in [2.45, 2.75) is 52.4 Å². The molecule has 0 saturated heterocycles. The van der Waals surface area contributed by atoms with Gasteiger partial charge in [-0.3, -0.25) is 19.0 Å². The number of hydrogen-bond acceptors (Lipinski definition) is 6. The lowest BCUT2D eigenvalue weighted by Crippen LogP contribution is -2.14. The normalized spacial score (nSPS) is 10.1. The highest BCUT2D eigenvalue weighted by Gasteiger charge is 2.02. The van der Waals surface area contributed by atoms with Crippen molar-refractivity contribution in [2.24, 2.45) is 0 Å². The van der Waals surface area contributed by atoms with Crippen LogP contribution in [0.15, 0.2) is 0 Å². The van der Waals surface area contributed by atoms with Crippen LogP contribution in [0, 0.1) is 0 Å². The Bertz CT molecular complexity index is 218. The van der Waals surface area contributed by atoms with Crippen molar-refractivity contribution in [3.05, 3.63) is 0 Å². The van der Waals surface area contributed by atoms with Crippen LogP contribution in [0.25, 0.3) is 0 Å². The molecule has 2 amide bonds. The van der Waals surface area contributed by atoms with E-state index < -0.39 is 0 Å². The van der Waals surface area contributed by atoms with Crippen LogP contribution >= 0.6 is 41.6 Å². The molecule has 0 spiro atoms. The van der Waals surface area contributed by atoms with Crippen molar-refractivity contribution in [1.82, 2.24) is 9.44 Å². The number of unbranched alkanes of at least 4 members (excludes halogenated alkanes) is 2. The summed E-state index contributed by atoms with van der Waals surface area (Å²) in [5.41, 5.74) is 0. The fraction of sp³-hybridized carbons (Fsp3) is 0.800. The van der Waals surface area contributed by atoms with Crippen molar-refractivity contribution in [3.63, 3.8) is 0 Å². The number of carbonyl (C=O) groups is 2. The van der Waals surface area contributed by atoms with Gasteiger partial charge in [-0.1, -0.05) is 26.7 Å². The number of nitrogens with one attached hydrogen (secondary N) is 2. The number of rotatable bonds is 11. The molecule has 0 fully saturated rings. The summed E-state index contributed by atoms with van der Waals surface area (Å²) in [6.07, 6.45) is 5.06. The SMILES string of the molecule is CCCCC(=O)NSSSSNC(=O)CCCC. The molecule has 2 N–H and O–H groups in total. The highest BCUT2D eigenvalue weighted by molar-refractivity contribution is 9.25. The molecule has 0 atom stereocenters. The van der Waals surface area contributed by atoms with Gasteiger partial charge >= 0.3 is 0 Å². The lowest BCUT2D eigenvalue weighted by atomic mass is 10.2. The molecule has 0 aromatic carbocycles. The molecule has 8 heteroatoms. The Kier molecular flexibility index (Phi) is 14.0. The van der Waals surface area contributed by atoms with E-state index in [0.29, 0.717) is 12.8 Å². The fourth-order valence-corrected chi connectivity index (χ4v) is 4.99. The average molecular weight is 329 g/mol. The summed E-state index contributed by atoms with van der Waals surface area (Å²) in [6.45, 7) is 4.12. The Morgan fingerprint density at radius 3 is 1.56 bits per heavy atom. The average Bonchev–Trinajstić information content (AvgIpc) is 2.37. The lowest BCUT2D eigenvalue weighted by Gasteiger charge is -2.03. The molecule has 0 aromatic rings. The van der Waals surface area contributed by atoms with E-state index in [1.165, 1.54) is 41.6 Å². The maximum atomic E-state index is 11.2. The van der Waals surface area contributed by atoms with Gasteiger partial charge < -0.3 is 0 Å². The van der Waals surface area contributed by atoms with Gasteiger partial charge in [0.2, 0.25) is 11.8 Å². The van der Waals surface area contributed by atoms with Crippen LogP contribution in [0.2, 0.25) is 0 Å². The Morgan fingerprint density at radius 1 is 0.833 bits per heavy atom. The summed E-state index contributed by atoms with van der Waals surface area (Å²) in [5.74, 6) is 0.124. The fourth-order valence-electron chi connectivity index (χ4n) is 0.931. The summed E-state index contributed by atoms with van der Waals surface area (Å²) >= 11 is 0. The third kappa shape index (κ3) is 12.8. The number of amides is 2. The Morgan fingerprint density at radius 2 is 1.22 bits per heavy atom. The third-order valence-electron chi connectivity index (χ3n) is 1.92. The van der Waals surface area contributed by atoms with Crippen molar-refractivity contribution < 1.29 is 9.59 Å². The zero-order valence-corrected chi connectivity index (χ0v) is 14.0. The summed E-state index contributed by atoms with van der Waals surface area (Å²) < 4.78 is 5.47. The van der Waals surface area contributed by atoms with Gasteiger partial charge in [-0.2, -0.15) is 0 Å². The second kappa shape index (κ2) is 13.8. The zero-order chi connectivity index (χ0) is 13.6. The number of hydrogen-bond donors (Lipinski definition) is 2. The molecule has 0 aliphatic heterocycles. The van der Waals surface area contributed by atoms with Crippen LogP contribution in [-0.2, 0) is 9.59 Å². The van der Waals surface area contributed by atoms with Gasteiger partial charge in [-0.05, 0) is 12.8 Å². The first kappa shape index (κ1) is 18.3. The summed E-state index contributed by atoms with van der Waals surface area (Å²) in [7, 11) is 5.44. The molecule has 18 heavy (non-hydrogen) atoms. The smallest absolute Gasteiger partial charge is 0.230 e. The molecular formula is C10H20N2O2S4. The van der Waals surface area contributed by atoms with Gasteiger partial charge in [0, 0.05) is 54.5 Å². The summed E-state index contributed by atoms with van der Waals surface area (Å²) in [5, 5.41) is 0. The molecule has 0 heterocycles. The van der Waals surface area contributed by atoms with Crippen LogP contribution in [0.3, 0.4) is 0 Å². The predicted molar refractivity (Wildman–Crippen MR) is 85.7 cm³/mol. The van der Waals surface area contributed by atoms with E-state index in [1.807, 2.05) is 0 Å². The quantitative estimate of drug-likeness (QED) is 0.338. The van der Waals surface area contributed by atoms with Crippen molar-refractivity contribution in [3.8, 4) is 0 Å². The van der Waals surface area contributed by atoms with Crippen LogP contribution in [-0.4, -0.2) is 11.8 Å². The second-order valence-electron chi connectivity index (χ2n) is 3.56. The monoisotopic (exact) mass is 328 g/mol. The van der Waals surface area contributed by atoms with Crippen LogP contribution < -0.4 is 9.44 Å². The van der Waals surface area contributed by atoms with E-state index in [-0.39, 0.29) is 11.8 Å². The van der Waals surface area contributed by atoms with Crippen molar-refractivity contribution >= 4 is 53.4 Å². The molecule has 0 rings (SSSR count). The van der Waals surface area contributed by atoms with E-state index in [0.717, 1.165) is 25.7 Å². The van der Waals surface area contributed by atoms with Crippen LogP contribution in [0.4, 0.5) is 0 Å². The molecule has 4 nitrogen and oxygen atoms in total. The molecule has 0 aliphatic rings. The minimum atomic E-state index is 0.0620. The first-order valence-corrected chi connectivity index (χ1v) is 10.8. The highest BCUT2D eigenvalue weighted by atomic mass is 33.7. The molecule has 0 bridgehead atoms. The van der Waals surface area contributed by atoms with Gasteiger partial charge in [0.05, 0.1) is 0 Å². The minimum absolute atomic E-state index is 0.0620. The van der Waals surface area contributed by atoms with Gasteiger partial charge in [0.1, 0.15) is 0 Å². The molecule has 0 aromatic heterocycles. The number of carbonyl (C=O) groups excluding carboxylic acids is 2. The maximum Gasteiger partial charge on any atom is 0.230 e. The Hall–Kier alpha value is 0.340. The summed E-state index contributed by atoms with van der Waals surface area (Å²) in [6, 6.07) is 0. The van der Waals surface area contributed by atoms with E-state index in [1.54, 1.807) is 0 Å². The lowest BCUT2D eigenvalue weighted by molar-refractivity contribution is -0.120. The standard InChI is InChI=1S/C10H20N2O2S4/c1-3-5-7-9(13)11-15-17-18-16-12-10(14)8-6-4-2/h3-8H2,1-2H3,(H,11,13)(H,12,14). The third-order valence-corrected chi connectivity index (χ3v) is 7.03. The zero-order valence-electron chi connectivity index (χ0n) is 10.7. The second-order valence-corrected chi connectivity index (χ2v) is 8.84. The molecule has 0 unspecified atom stereocenters. The Balaban J connectivity index is 3.25. The van der Waals surface area contributed by atoms with Gasteiger partial charge in [0.25, 0.3) is 0 Å². The first-order valence-electron chi connectivity index (χ1n) is 5.94. The predicted octanol–water partition coefficient (Wildman–Crippen LogP) is 4.11. The molecule has 0 saturated carbocycles. The van der Waals surface area contributed by atoms with E-state index in [9.17, 15) is 9.59 Å². The molecule has 0 aliphatic carbocycles. The van der Waals surface area contributed by atoms with Gasteiger partial charge in [0.15, 0.2) is 0 Å². The van der Waals surface area contributed by atoms with E-state index in [2.05, 4.69) is 23.3 Å². The largest absolute Gasteiger partial charge is 0.290 e. The topological polar surface area (TPSA) is 58.2 Å². The van der Waals surface area contributed by atoms with E-state index in [4.69, 9.17) is 0 Å². The molecule has 0 radical (unpaired) electrons. The van der Waals surface area contributed by atoms with E-state index >= 15 is 0 Å². The molecular weight excluding hydrogens is 308 g/mol. The molecule has 106 valence electrons. The van der Waals surface area contributed by atoms with Gasteiger partial charge in [-0.25, -0.2) is 0 Å². The van der Waals surface area contributed by atoms with Gasteiger partial charge in [-0.15, -0.1) is 0 Å². The first-order chi connectivity index (χ1) is 8.70. The maximum absolute atomic E-state index is 11.2. The van der Waals surface area contributed by atoms with Crippen LogP contribution in [0.5, 0.6) is 0 Å². The summed E-state index contributed by atoms with van der Waals surface area (Å²) in [4.78, 5) is 22.5. The highest BCUT2D eigenvalue weighted by Crippen LogP contribution is 2.39. The van der Waals surface area contributed by atoms with Crippen molar-refractivity contribution in [1.29, 1.82) is 0 Å². The Labute approximate surface area is 124 Å². The van der Waals surface area contributed by atoms with Crippen LogP contribution in [0.1, 0.15) is 52.4 Å². The van der Waals surface area contributed by atoms with Crippen molar-refractivity contribution in [2.75, 3.05) is 0 Å².